The second kappa shape index (κ2) is 7.86. The van der Waals surface area contributed by atoms with Gasteiger partial charge in [-0.15, -0.1) is 0 Å². The summed E-state index contributed by atoms with van der Waals surface area (Å²) in [5, 5.41) is 0. The van der Waals surface area contributed by atoms with Crippen molar-refractivity contribution in [3.8, 4) is 0 Å². The molecule has 21 heavy (non-hydrogen) atoms. The lowest BCUT2D eigenvalue weighted by atomic mass is 10.1. The van der Waals surface area contributed by atoms with Crippen molar-refractivity contribution in [2.24, 2.45) is 5.73 Å². The number of benzene rings is 1. The van der Waals surface area contributed by atoms with Crippen LogP contribution in [-0.2, 0) is 6.54 Å². The van der Waals surface area contributed by atoms with Crippen LogP contribution in [0.4, 0.5) is 0 Å². The number of nitrogens with two attached hydrogens (primary N) is 1. The van der Waals surface area contributed by atoms with E-state index in [4.69, 9.17) is 5.73 Å². The summed E-state index contributed by atoms with van der Waals surface area (Å²) in [5.41, 5.74) is 9.04. The Hall–Kier alpha value is -1.78. The van der Waals surface area contributed by atoms with E-state index < -0.39 is 0 Å². The summed E-state index contributed by atoms with van der Waals surface area (Å²) >= 11 is 0. The van der Waals surface area contributed by atoms with Crippen molar-refractivity contribution in [2.45, 2.75) is 32.9 Å². The standard InChI is InChI=1S/C17H24N4/c1-14-17(20-11-10-19-14)15(2)21(12-6-9-18)13-16-7-4-3-5-8-16/h3-5,7-8,10-11,15H,6,9,12-13,18H2,1-2H3. The molecule has 0 aliphatic rings. The molecule has 2 aromatic rings. The van der Waals surface area contributed by atoms with Crippen LogP contribution in [0.25, 0.3) is 0 Å². The fourth-order valence-electron chi connectivity index (χ4n) is 2.52. The van der Waals surface area contributed by atoms with Gasteiger partial charge in [-0.3, -0.25) is 14.9 Å². The fraction of sp³-hybridized carbons (Fsp3) is 0.412. The van der Waals surface area contributed by atoms with Crippen LogP contribution in [0, 0.1) is 6.92 Å². The molecule has 0 saturated carbocycles. The molecule has 0 radical (unpaired) electrons. The molecule has 4 heteroatoms. The van der Waals surface area contributed by atoms with Crippen molar-refractivity contribution in [3.05, 3.63) is 59.7 Å². The Morgan fingerprint density at radius 1 is 1.14 bits per heavy atom. The highest BCUT2D eigenvalue weighted by atomic mass is 15.2. The van der Waals surface area contributed by atoms with Gasteiger partial charge >= 0.3 is 0 Å². The van der Waals surface area contributed by atoms with Gasteiger partial charge in [-0.2, -0.15) is 0 Å². The van der Waals surface area contributed by atoms with E-state index >= 15 is 0 Å². The Morgan fingerprint density at radius 2 is 1.86 bits per heavy atom. The molecule has 0 bridgehead atoms. The van der Waals surface area contributed by atoms with Crippen LogP contribution >= 0.6 is 0 Å². The fourth-order valence-corrected chi connectivity index (χ4v) is 2.52. The molecule has 4 nitrogen and oxygen atoms in total. The van der Waals surface area contributed by atoms with Gasteiger partial charge in [-0.25, -0.2) is 0 Å². The van der Waals surface area contributed by atoms with Gasteiger partial charge in [-0.05, 0) is 32.4 Å². The van der Waals surface area contributed by atoms with E-state index in [1.807, 2.05) is 13.0 Å². The van der Waals surface area contributed by atoms with Gasteiger partial charge in [0.25, 0.3) is 0 Å². The normalized spacial score (nSPS) is 12.6. The number of hydrogen-bond donors (Lipinski definition) is 1. The Morgan fingerprint density at radius 3 is 2.52 bits per heavy atom. The zero-order valence-electron chi connectivity index (χ0n) is 12.9. The van der Waals surface area contributed by atoms with Crippen LogP contribution < -0.4 is 5.73 Å². The summed E-state index contributed by atoms with van der Waals surface area (Å²) in [4.78, 5) is 11.3. The van der Waals surface area contributed by atoms with Crippen molar-refractivity contribution < 1.29 is 0 Å². The highest BCUT2D eigenvalue weighted by Gasteiger charge is 2.19. The number of rotatable bonds is 7. The molecule has 112 valence electrons. The molecule has 0 spiro atoms. The molecule has 1 aromatic carbocycles. The van der Waals surface area contributed by atoms with Gasteiger partial charge in [0.15, 0.2) is 0 Å². The maximum atomic E-state index is 5.68. The largest absolute Gasteiger partial charge is 0.330 e. The van der Waals surface area contributed by atoms with Crippen LogP contribution in [-0.4, -0.2) is 28.0 Å². The first kappa shape index (κ1) is 15.6. The first-order chi connectivity index (χ1) is 10.2. The van der Waals surface area contributed by atoms with Crippen molar-refractivity contribution >= 4 is 0 Å². The zero-order chi connectivity index (χ0) is 15.1. The van der Waals surface area contributed by atoms with E-state index in [0.717, 1.165) is 30.9 Å². The molecule has 1 aromatic heterocycles. The maximum absolute atomic E-state index is 5.68. The molecular weight excluding hydrogens is 260 g/mol. The van der Waals surface area contributed by atoms with E-state index in [1.165, 1.54) is 5.56 Å². The molecular formula is C17H24N4. The summed E-state index contributed by atoms with van der Waals surface area (Å²) in [6.45, 7) is 6.77. The summed E-state index contributed by atoms with van der Waals surface area (Å²) in [6.07, 6.45) is 4.49. The van der Waals surface area contributed by atoms with Gasteiger partial charge < -0.3 is 5.73 Å². The summed E-state index contributed by atoms with van der Waals surface area (Å²) < 4.78 is 0. The molecule has 0 aliphatic carbocycles. The van der Waals surface area contributed by atoms with E-state index in [1.54, 1.807) is 12.4 Å². The molecule has 0 fully saturated rings. The summed E-state index contributed by atoms with van der Waals surface area (Å²) in [6, 6.07) is 10.7. The minimum atomic E-state index is 0.227. The van der Waals surface area contributed by atoms with E-state index in [9.17, 15) is 0 Å². The minimum absolute atomic E-state index is 0.227. The van der Waals surface area contributed by atoms with Crippen molar-refractivity contribution in [3.63, 3.8) is 0 Å². The van der Waals surface area contributed by atoms with Gasteiger partial charge in [0.05, 0.1) is 17.4 Å². The third kappa shape index (κ3) is 4.34. The Bertz CT molecular complexity index is 541. The SMILES string of the molecule is Cc1nccnc1C(C)N(CCCN)Cc1ccccc1. The highest BCUT2D eigenvalue weighted by Crippen LogP contribution is 2.22. The topological polar surface area (TPSA) is 55.0 Å². The lowest BCUT2D eigenvalue weighted by Crippen LogP contribution is -2.30. The number of hydrogen-bond acceptors (Lipinski definition) is 4. The molecule has 1 heterocycles. The first-order valence-corrected chi connectivity index (χ1v) is 7.48. The molecule has 2 rings (SSSR count). The van der Waals surface area contributed by atoms with E-state index in [-0.39, 0.29) is 6.04 Å². The minimum Gasteiger partial charge on any atom is -0.330 e. The van der Waals surface area contributed by atoms with Gasteiger partial charge in [0, 0.05) is 25.5 Å². The summed E-state index contributed by atoms with van der Waals surface area (Å²) in [5.74, 6) is 0. The second-order valence-electron chi connectivity index (χ2n) is 5.30. The quantitative estimate of drug-likeness (QED) is 0.849. The monoisotopic (exact) mass is 284 g/mol. The number of aromatic nitrogens is 2. The Kier molecular flexibility index (Phi) is 5.84. The Balaban J connectivity index is 2.17. The van der Waals surface area contributed by atoms with Gasteiger partial charge in [0.1, 0.15) is 0 Å². The smallest absolute Gasteiger partial charge is 0.0784 e. The predicted octanol–water partition coefficient (Wildman–Crippen LogP) is 2.70. The van der Waals surface area contributed by atoms with Crippen LogP contribution in [0.1, 0.15) is 36.3 Å². The predicted molar refractivity (Wildman–Crippen MR) is 85.7 cm³/mol. The van der Waals surface area contributed by atoms with E-state index in [2.05, 4.69) is 46.1 Å². The van der Waals surface area contributed by atoms with Crippen LogP contribution in [0.3, 0.4) is 0 Å². The molecule has 1 atom stereocenters. The lowest BCUT2D eigenvalue weighted by molar-refractivity contribution is 0.195. The zero-order valence-corrected chi connectivity index (χ0v) is 12.9. The second-order valence-corrected chi connectivity index (χ2v) is 5.30. The molecule has 1 unspecified atom stereocenters. The lowest BCUT2D eigenvalue weighted by Gasteiger charge is -2.29. The third-order valence-electron chi connectivity index (χ3n) is 3.74. The summed E-state index contributed by atoms with van der Waals surface area (Å²) in [7, 11) is 0. The number of aryl methyl sites for hydroxylation is 1. The first-order valence-electron chi connectivity index (χ1n) is 7.48. The van der Waals surface area contributed by atoms with Crippen LogP contribution in [0.5, 0.6) is 0 Å². The third-order valence-corrected chi connectivity index (χ3v) is 3.74. The van der Waals surface area contributed by atoms with E-state index in [0.29, 0.717) is 6.54 Å². The highest BCUT2D eigenvalue weighted by molar-refractivity contribution is 5.17. The average Bonchev–Trinajstić information content (AvgIpc) is 2.52. The van der Waals surface area contributed by atoms with Crippen molar-refractivity contribution in [1.29, 1.82) is 0 Å². The number of nitrogens with zero attached hydrogens (tertiary/aromatic N) is 3. The molecule has 2 N–H and O–H groups in total. The van der Waals surface area contributed by atoms with Crippen molar-refractivity contribution in [1.82, 2.24) is 14.9 Å². The molecule has 0 saturated heterocycles. The van der Waals surface area contributed by atoms with Crippen LogP contribution in [0.2, 0.25) is 0 Å². The average molecular weight is 284 g/mol. The Labute approximate surface area is 127 Å². The van der Waals surface area contributed by atoms with Gasteiger partial charge in [0.2, 0.25) is 0 Å². The van der Waals surface area contributed by atoms with Crippen molar-refractivity contribution in [2.75, 3.05) is 13.1 Å². The van der Waals surface area contributed by atoms with Gasteiger partial charge in [-0.1, -0.05) is 30.3 Å². The molecule has 0 aliphatic heterocycles. The van der Waals surface area contributed by atoms with Crippen LogP contribution in [0.15, 0.2) is 42.7 Å². The molecule has 0 amide bonds. The maximum Gasteiger partial charge on any atom is 0.0784 e.